The van der Waals surface area contributed by atoms with Crippen molar-refractivity contribution in [3.05, 3.63) is 11.6 Å². The van der Waals surface area contributed by atoms with Crippen LogP contribution in [0.4, 0.5) is 0 Å². The van der Waals surface area contributed by atoms with Crippen LogP contribution >= 0.6 is 11.6 Å². The first-order valence-corrected chi connectivity index (χ1v) is 13.0. The van der Waals surface area contributed by atoms with Gasteiger partial charge < -0.3 is 0 Å². The summed E-state index contributed by atoms with van der Waals surface area (Å²) in [5, 5.41) is 0.396. The highest BCUT2D eigenvalue weighted by Crippen LogP contribution is 2.67. The molecule has 28 heavy (non-hydrogen) atoms. The first-order chi connectivity index (χ1) is 13.3. The van der Waals surface area contributed by atoms with Gasteiger partial charge in [-0.2, -0.15) is 0 Å². The largest absolute Gasteiger partial charge is 0.123 e. The highest BCUT2D eigenvalue weighted by atomic mass is 35.5. The fraction of sp³-hybridized carbons (Fsp3) is 0.926. The van der Waals surface area contributed by atoms with E-state index in [-0.39, 0.29) is 0 Å². The summed E-state index contributed by atoms with van der Waals surface area (Å²) in [5.74, 6) is 5.62. The molecule has 0 spiro atoms. The van der Waals surface area contributed by atoms with Gasteiger partial charge in [-0.25, -0.2) is 0 Å². The molecule has 0 bridgehead atoms. The second kappa shape index (κ2) is 7.94. The van der Waals surface area contributed by atoms with E-state index in [1.165, 1.54) is 70.6 Å². The molecular formula is C27H45Cl. The van der Waals surface area contributed by atoms with E-state index in [0.717, 1.165) is 35.5 Å². The summed E-state index contributed by atoms with van der Waals surface area (Å²) in [4.78, 5) is 0. The molecule has 0 heterocycles. The van der Waals surface area contributed by atoms with Gasteiger partial charge in [-0.3, -0.25) is 0 Å². The molecule has 4 aliphatic rings. The van der Waals surface area contributed by atoms with Crippen LogP contribution in [0, 0.1) is 46.3 Å². The van der Waals surface area contributed by atoms with Crippen LogP contribution in [0.5, 0.6) is 0 Å². The highest BCUT2D eigenvalue weighted by molar-refractivity contribution is 6.20. The Bertz CT molecular complexity index is 591. The molecule has 0 aliphatic heterocycles. The van der Waals surface area contributed by atoms with Gasteiger partial charge in [0.15, 0.2) is 0 Å². The number of alkyl halides is 1. The van der Waals surface area contributed by atoms with Crippen LogP contribution in [0.2, 0.25) is 0 Å². The van der Waals surface area contributed by atoms with E-state index in [9.17, 15) is 0 Å². The molecule has 1 heteroatoms. The topological polar surface area (TPSA) is 0 Å². The smallest absolute Gasteiger partial charge is 0.0373 e. The van der Waals surface area contributed by atoms with Crippen molar-refractivity contribution in [1.29, 1.82) is 0 Å². The number of hydrogen-bond donors (Lipinski definition) is 0. The van der Waals surface area contributed by atoms with Crippen molar-refractivity contribution in [2.45, 2.75) is 111 Å². The predicted octanol–water partition coefficient (Wildman–Crippen LogP) is 8.64. The van der Waals surface area contributed by atoms with Crippen molar-refractivity contribution >= 4 is 11.6 Å². The van der Waals surface area contributed by atoms with E-state index >= 15 is 0 Å². The third-order valence-electron chi connectivity index (χ3n) is 10.2. The minimum absolute atomic E-state index is 0.396. The van der Waals surface area contributed by atoms with E-state index in [2.05, 4.69) is 40.7 Å². The van der Waals surface area contributed by atoms with Gasteiger partial charge >= 0.3 is 0 Å². The Hall–Kier alpha value is 0.0300. The minimum atomic E-state index is 0.396. The first-order valence-electron chi connectivity index (χ1n) is 12.6. The van der Waals surface area contributed by atoms with Gasteiger partial charge in [0, 0.05) is 5.38 Å². The Morgan fingerprint density at radius 2 is 1.79 bits per heavy atom. The summed E-state index contributed by atoms with van der Waals surface area (Å²) in [5.41, 5.74) is 2.82. The second-order valence-electron chi connectivity index (χ2n) is 12.1. The number of halogens is 1. The maximum Gasteiger partial charge on any atom is 0.0373 e. The molecule has 3 saturated carbocycles. The lowest BCUT2D eigenvalue weighted by molar-refractivity contribution is -0.0498. The number of hydrogen-bond acceptors (Lipinski definition) is 0. The van der Waals surface area contributed by atoms with Crippen LogP contribution < -0.4 is 0 Å². The zero-order valence-electron chi connectivity index (χ0n) is 19.3. The Balaban J connectivity index is 1.49. The van der Waals surface area contributed by atoms with Gasteiger partial charge in [0.1, 0.15) is 0 Å². The lowest BCUT2D eigenvalue weighted by atomic mass is 9.47. The summed E-state index contributed by atoms with van der Waals surface area (Å²) >= 11 is 6.56. The molecule has 0 N–H and O–H groups in total. The number of allylic oxidation sites excluding steroid dienone is 2. The molecule has 0 aromatic carbocycles. The molecule has 0 unspecified atom stereocenters. The lowest BCUT2D eigenvalue weighted by Crippen LogP contribution is -2.50. The monoisotopic (exact) mass is 404 g/mol. The van der Waals surface area contributed by atoms with Crippen molar-refractivity contribution in [3.8, 4) is 0 Å². The Labute approximate surface area is 180 Å². The standard InChI is InChI=1S/C27H45Cl/c1-18(2)7-6-8-19(3)23-11-12-24-22-10-9-20-17-21(28)13-15-26(20,4)25(22)14-16-27(23,24)5/h9,18-19,21-25H,6-8,10-17H2,1-5H3/t19-,21+,22-,23+,24-,25-,26+,27+/m1/s1. The zero-order chi connectivity index (χ0) is 20.1. The van der Waals surface area contributed by atoms with Gasteiger partial charge in [0.05, 0.1) is 0 Å². The second-order valence-corrected chi connectivity index (χ2v) is 12.7. The van der Waals surface area contributed by atoms with Crippen LogP contribution in [0.3, 0.4) is 0 Å². The van der Waals surface area contributed by atoms with E-state index < -0.39 is 0 Å². The zero-order valence-corrected chi connectivity index (χ0v) is 20.0. The fourth-order valence-corrected chi connectivity index (χ4v) is 8.92. The molecule has 8 atom stereocenters. The molecule has 0 saturated heterocycles. The van der Waals surface area contributed by atoms with E-state index in [1.54, 1.807) is 5.57 Å². The third kappa shape index (κ3) is 3.52. The number of fused-ring (bicyclic) bond motifs is 5. The molecule has 4 rings (SSSR count). The van der Waals surface area contributed by atoms with Gasteiger partial charge in [-0.15, -0.1) is 11.6 Å². The first kappa shape index (κ1) is 21.3. The average molecular weight is 405 g/mol. The van der Waals surface area contributed by atoms with Crippen molar-refractivity contribution < 1.29 is 0 Å². The molecule has 0 radical (unpaired) electrons. The summed E-state index contributed by atoms with van der Waals surface area (Å²) < 4.78 is 0. The molecule has 4 aliphatic carbocycles. The van der Waals surface area contributed by atoms with Gasteiger partial charge in [-0.1, -0.05) is 65.5 Å². The quantitative estimate of drug-likeness (QED) is 0.317. The molecule has 160 valence electrons. The van der Waals surface area contributed by atoms with E-state index in [1.807, 2.05) is 0 Å². The van der Waals surface area contributed by atoms with Crippen LogP contribution in [-0.4, -0.2) is 5.38 Å². The molecular weight excluding hydrogens is 360 g/mol. The maximum absolute atomic E-state index is 6.56. The van der Waals surface area contributed by atoms with Crippen LogP contribution in [-0.2, 0) is 0 Å². The van der Waals surface area contributed by atoms with Crippen LogP contribution in [0.25, 0.3) is 0 Å². The summed E-state index contributed by atoms with van der Waals surface area (Å²) in [6.07, 6.45) is 18.0. The van der Waals surface area contributed by atoms with Crippen LogP contribution in [0.15, 0.2) is 11.6 Å². The Morgan fingerprint density at radius 3 is 2.54 bits per heavy atom. The maximum atomic E-state index is 6.56. The van der Waals surface area contributed by atoms with Crippen molar-refractivity contribution in [3.63, 3.8) is 0 Å². The van der Waals surface area contributed by atoms with Crippen LogP contribution in [0.1, 0.15) is 105 Å². The molecule has 0 amide bonds. The van der Waals surface area contributed by atoms with Crippen molar-refractivity contribution in [2.24, 2.45) is 46.3 Å². The van der Waals surface area contributed by atoms with Gasteiger partial charge in [0.2, 0.25) is 0 Å². The molecule has 3 fully saturated rings. The molecule has 0 nitrogen and oxygen atoms in total. The minimum Gasteiger partial charge on any atom is -0.123 e. The predicted molar refractivity (Wildman–Crippen MR) is 123 cm³/mol. The lowest BCUT2D eigenvalue weighted by Gasteiger charge is -2.58. The average Bonchev–Trinajstić information content (AvgIpc) is 2.99. The van der Waals surface area contributed by atoms with Crippen molar-refractivity contribution in [2.75, 3.05) is 0 Å². The van der Waals surface area contributed by atoms with Crippen molar-refractivity contribution in [1.82, 2.24) is 0 Å². The SMILES string of the molecule is CC(C)CCC[C@@H](C)[C@@H]1CC[C@@H]2[C@H]3CC=C4C[C@@H](Cl)CC[C@]4(C)[C@@H]3CC[C@]21C. The van der Waals surface area contributed by atoms with E-state index in [4.69, 9.17) is 11.6 Å². The summed E-state index contributed by atoms with van der Waals surface area (Å²) in [6.45, 7) is 12.7. The molecule has 0 aromatic heterocycles. The third-order valence-corrected chi connectivity index (χ3v) is 10.6. The Morgan fingerprint density at radius 1 is 1.00 bits per heavy atom. The molecule has 0 aromatic rings. The summed E-state index contributed by atoms with van der Waals surface area (Å²) in [7, 11) is 0. The summed E-state index contributed by atoms with van der Waals surface area (Å²) in [6, 6.07) is 0. The Kier molecular flexibility index (Phi) is 6.03. The van der Waals surface area contributed by atoms with Gasteiger partial charge in [-0.05, 0) is 97.7 Å². The highest BCUT2D eigenvalue weighted by Gasteiger charge is 2.58. The normalized spacial score (nSPS) is 46.5. The number of rotatable bonds is 5. The van der Waals surface area contributed by atoms with E-state index in [0.29, 0.717) is 16.2 Å². The fourth-order valence-electron chi connectivity index (χ4n) is 8.64. The van der Waals surface area contributed by atoms with Gasteiger partial charge in [0.25, 0.3) is 0 Å².